The number of anilines is 2. The lowest BCUT2D eigenvalue weighted by molar-refractivity contribution is 0.195. The van der Waals surface area contributed by atoms with Gasteiger partial charge in [-0.15, -0.1) is 0 Å². The molecule has 0 spiro atoms. The maximum atomic E-state index is 6.39. The van der Waals surface area contributed by atoms with Crippen molar-refractivity contribution in [3.8, 4) is 11.3 Å². The van der Waals surface area contributed by atoms with Crippen LogP contribution in [0.3, 0.4) is 0 Å². The van der Waals surface area contributed by atoms with Crippen LogP contribution in [-0.4, -0.2) is 46.3 Å². The number of halogens is 1. The predicted octanol–water partition coefficient (Wildman–Crippen LogP) is 3.07. The monoisotopic (exact) mass is 388 g/mol. The van der Waals surface area contributed by atoms with Gasteiger partial charge < -0.3 is 21.1 Å². The highest BCUT2D eigenvalue weighted by molar-refractivity contribution is 6.32. The highest BCUT2D eigenvalue weighted by atomic mass is 35.5. The highest BCUT2D eigenvalue weighted by Gasteiger charge is 2.20. The van der Waals surface area contributed by atoms with E-state index in [0.29, 0.717) is 41.4 Å². The molecule has 1 aliphatic carbocycles. The zero-order chi connectivity index (χ0) is 18.6. The molecule has 0 bridgehead atoms. The molecule has 0 amide bonds. The van der Waals surface area contributed by atoms with Gasteiger partial charge in [0, 0.05) is 30.5 Å². The minimum atomic E-state index is 0.295. The topological polar surface area (TPSA) is 98.0 Å². The van der Waals surface area contributed by atoms with E-state index in [-0.39, 0.29) is 0 Å². The van der Waals surface area contributed by atoms with Crippen molar-refractivity contribution in [3.63, 3.8) is 0 Å². The molecule has 0 aromatic carbocycles. The smallest absolute Gasteiger partial charge is 0.223 e. The summed E-state index contributed by atoms with van der Waals surface area (Å²) in [6.07, 6.45) is 8.54. The molecule has 0 unspecified atom stereocenters. The second kappa shape index (κ2) is 8.37. The highest BCUT2D eigenvalue weighted by Crippen LogP contribution is 2.28. The van der Waals surface area contributed by atoms with Crippen molar-refractivity contribution in [1.82, 2.24) is 15.0 Å². The lowest BCUT2D eigenvalue weighted by atomic mass is 9.92. The van der Waals surface area contributed by atoms with Crippen molar-refractivity contribution < 1.29 is 4.74 Å². The van der Waals surface area contributed by atoms with Gasteiger partial charge >= 0.3 is 0 Å². The molecular formula is C19H25ClN6O. The Morgan fingerprint density at radius 3 is 2.70 bits per heavy atom. The van der Waals surface area contributed by atoms with E-state index >= 15 is 0 Å². The Labute approximate surface area is 164 Å². The maximum Gasteiger partial charge on any atom is 0.223 e. The van der Waals surface area contributed by atoms with E-state index in [0.717, 1.165) is 50.1 Å². The first kappa shape index (κ1) is 18.4. The molecule has 7 nitrogen and oxygen atoms in total. The maximum absolute atomic E-state index is 6.39. The van der Waals surface area contributed by atoms with Gasteiger partial charge in [-0.2, -0.15) is 0 Å². The van der Waals surface area contributed by atoms with Crippen molar-refractivity contribution >= 4 is 23.4 Å². The first-order valence-electron chi connectivity index (χ1n) is 9.53. The van der Waals surface area contributed by atoms with E-state index in [9.17, 15) is 0 Å². The Morgan fingerprint density at radius 2 is 1.93 bits per heavy atom. The summed E-state index contributed by atoms with van der Waals surface area (Å²) in [5.41, 5.74) is 7.60. The van der Waals surface area contributed by atoms with Crippen LogP contribution in [0.15, 0.2) is 24.5 Å². The van der Waals surface area contributed by atoms with Crippen LogP contribution < -0.4 is 16.4 Å². The van der Waals surface area contributed by atoms with Crippen molar-refractivity contribution in [3.05, 3.63) is 29.5 Å². The quantitative estimate of drug-likeness (QED) is 0.723. The number of nitrogens with two attached hydrogens (primary N) is 1. The molecular weight excluding hydrogens is 364 g/mol. The van der Waals surface area contributed by atoms with Crippen LogP contribution in [0, 0.1) is 0 Å². The number of hydrogen-bond acceptors (Lipinski definition) is 7. The molecule has 27 heavy (non-hydrogen) atoms. The largest absolute Gasteiger partial charge is 0.379 e. The van der Waals surface area contributed by atoms with Crippen LogP contribution in [0.5, 0.6) is 0 Å². The molecule has 2 aromatic heterocycles. The van der Waals surface area contributed by atoms with E-state index in [1.165, 1.54) is 0 Å². The van der Waals surface area contributed by atoms with Gasteiger partial charge in [0.15, 0.2) is 0 Å². The van der Waals surface area contributed by atoms with Crippen molar-refractivity contribution in [2.24, 2.45) is 5.73 Å². The average Bonchev–Trinajstić information content (AvgIpc) is 3.18. The first-order chi connectivity index (χ1) is 13.2. The van der Waals surface area contributed by atoms with Crippen LogP contribution >= 0.6 is 11.6 Å². The summed E-state index contributed by atoms with van der Waals surface area (Å²) >= 11 is 6.39. The van der Waals surface area contributed by atoms with Crippen LogP contribution in [0.25, 0.3) is 11.3 Å². The van der Waals surface area contributed by atoms with Gasteiger partial charge in [-0.05, 0) is 44.2 Å². The van der Waals surface area contributed by atoms with Gasteiger partial charge in [-0.1, -0.05) is 11.6 Å². The number of nitrogens with zero attached hydrogens (tertiary/aromatic N) is 3. The van der Waals surface area contributed by atoms with Gasteiger partial charge in [0.2, 0.25) is 5.95 Å². The fourth-order valence-corrected chi connectivity index (χ4v) is 3.80. The van der Waals surface area contributed by atoms with Crippen LogP contribution in [-0.2, 0) is 4.74 Å². The fraction of sp³-hybridized carbons (Fsp3) is 0.526. The summed E-state index contributed by atoms with van der Waals surface area (Å²) in [5.74, 6) is 1.40. The molecule has 144 valence electrons. The first-order valence-corrected chi connectivity index (χ1v) is 9.90. The van der Waals surface area contributed by atoms with Gasteiger partial charge in [0.05, 0.1) is 29.6 Å². The summed E-state index contributed by atoms with van der Waals surface area (Å²) in [6.45, 7) is 1.50. The lowest BCUT2D eigenvalue weighted by Gasteiger charge is -2.26. The van der Waals surface area contributed by atoms with Crippen molar-refractivity contribution in [2.45, 2.75) is 50.2 Å². The zero-order valence-corrected chi connectivity index (χ0v) is 16.0. The van der Waals surface area contributed by atoms with Gasteiger partial charge in [0.1, 0.15) is 5.82 Å². The van der Waals surface area contributed by atoms with Crippen molar-refractivity contribution in [2.75, 3.05) is 23.8 Å². The third-order valence-corrected chi connectivity index (χ3v) is 5.44. The van der Waals surface area contributed by atoms with Gasteiger partial charge in [-0.25, -0.2) is 15.0 Å². The molecule has 1 saturated carbocycles. The summed E-state index contributed by atoms with van der Waals surface area (Å²) in [6, 6.07) is 4.85. The molecule has 8 heteroatoms. The van der Waals surface area contributed by atoms with Gasteiger partial charge in [0.25, 0.3) is 0 Å². The molecule has 1 saturated heterocycles. The predicted molar refractivity (Wildman–Crippen MR) is 107 cm³/mol. The number of nitrogens with one attached hydrogen (secondary N) is 2. The number of pyridine rings is 1. The SMILES string of the molecule is NC1CCC(Nc2ncc(Cl)c(-c3ccnc(N[C@@H]4CCOC4)c3)n2)CC1. The molecule has 1 atom stereocenters. The minimum absolute atomic E-state index is 0.295. The third-order valence-electron chi connectivity index (χ3n) is 5.16. The average molecular weight is 389 g/mol. The molecule has 2 fully saturated rings. The molecule has 3 heterocycles. The van der Waals surface area contributed by atoms with Crippen LogP contribution in [0.1, 0.15) is 32.1 Å². The number of rotatable bonds is 5. The fourth-order valence-electron chi connectivity index (χ4n) is 3.60. The third kappa shape index (κ3) is 4.66. The minimum Gasteiger partial charge on any atom is -0.379 e. The number of hydrogen-bond donors (Lipinski definition) is 3. The molecule has 0 radical (unpaired) electrons. The number of aromatic nitrogens is 3. The van der Waals surface area contributed by atoms with Gasteiger partial charge in [-0.3, -0.25) is 0 Å². The summed E-state index contributed by atoms with van der Waals surface area (Å²) in [4.78, 5) is 13.4. The Bertz CT molecular complexity index is 775. The van der Waals surface area contributed by atoms with E-state index in [1.807, 2.05) is 12.1 Å². The van der Waals surface area contributed by atoms with Crippen LogP contribution in [0.2, 0.25) is 5.02 Å². The van der Waals surface area contributed by atoms with E-state index in [1.54, 1.807) is 12.4 Å². The second-order valence-electron chi connectivity index (χ2n) is 7.28. The Balaban J connectivity index is 1.50. The van der Waals surface area contributed by atoms with Crippen LogP contribution in [0.4, 0.5) is 11.8 Å². The molecule has 2 aromatic rings. The normalized spacial score (nSPS) is 25.3. The lowest BCUT2D eigenvalue weighted by Crippen LogP contribution is -2.33. The zero-order valence-electron chi connectivity index (χ0n) is 15.2. The Hall–Kier alpha value is -1.96. The summed E-state index contributed by atoms with van der Waals surface area (Å²) in [7, 11) is 0. The number of ether oxygens (including phenoxy) is 1. The van der Waals surface area contributed by atoms with E-state index in [4.69, 9.17) is 22.1 Å². The van der Waals surface area contributed by atoms with E-state index < -0.39 is 0 Å². The standard InChI is InChI=1S/C19H25ClN6O/c20-16-10-23-19(25-14-3-1-13(21)2-4-14)26-18(16)12-5-7-22-17(9-12)24-15-6-8-27-11-15/h5,7,9-10,13-15H,1-4,6,8,11,21H2,(H,22,24)(H,23,25,26)/t13?,14?,15-/m1/s1. The molecule has 1 aliphatic heterocycles. The summed E-state index contributed by atoms with van der Waals surface area (Å²) < 4.78 is 5.41. The van der Waals surface area contributed by atoms with Crippen molar-refractivity contribution in [1.29, 1.82) is 0 Å². The van der Waals surface area contributed by atoms with E-state index in [2.05, 4.69) is 25.6 Å². The molecule has 4 N–H and O–H groups in total. The molecule has 2 aliphatic rings. The Morgan fingerprint density at radius 1 is 1.07 bits per heavy atom. The summed E-state index contributed by atoms with van der Waals surface area (Å²) in [5, 5.41) is 7.35. The Kier molecular flexibility index (Phi) is 5.71. The second-order valence-corrected chi connectivity index (χ2v) is 7.69. The molecule has 4 rings (SSSR count).